The van der Waals surface area contributed by atoms with E-state index in [0.29, 0.717) is 12.8 Å². The van der Waals surface area contributed by atoms with Gasteiger partial charge in [-0.05, 0) is 31.5 Å². The van der Waals surface area contributed by atoms with Crippen molar-refractivity contribution in [2.45, 2.75) is 25.8 Å². The van der Waals surface area contributed by atoms with Crippen molar-refractivity contribution in [3.63, 3.8) is 0 Å². The van der Waals surface area contributed by atoms with Gasteiger partial charge in [0.25, 0.3) is 5.91 Å². The van der Waals surface area contributed by atoms with E-state index in [1.165, 1.54) is 12.3 Å². The Morgan fingerprint density at radius 1 is 1.55 bits per heavy atom. The maximum atomic E-state index is 13.6. The molecule has 0 radical (unpaired) electrons. The first kappa shape index (κ1) is 14.0. The van der Waals surface area contributed by atoms with Gasteiger partial charge in [0, 0.05) is 18.7 Å². The molecule has 0 aliphatic rings. The smallest absolute Gasteiger partial charge is 0.254 e. The number of amides is 1. The summed E-state index contributed by atoms with van der Waals surface area (Å²) in [7, 11) is 0. The summed E-state index contributed by atoms with van der Waals surface area (Å²) in [6.07, 6.45) is 4.31. The fourth-order valence-electron chi connectivity index (χ4n) is 1.82. The molecule has 0 saturated carbocycles. The zero-order valence-corrected chi connectivity index (χ0v) is 11.1. The molecule has 106 valence electrons. The summed E-state index contributed by atoms with van der Waals surface area (Å²) < 4.78 is 18.9. The highest BCUT2D eigenvalue weighted by Gasteiger charge is 2.16. The normalized spacial score (nSPS) is 12.1. The maximum absolute atomic E-state index is 13.6. The van der Waals surface area contributed by atoms with Crippen molar-refractivity contribution in [1.29, 1.82) is 0 Å². The number of aryl methyl sites for hydroxylation is 1. The highest BCUT2D eigenvalue weighted by atomic mass is 19.1. The Labute approximate surface area is 116 Å². The van der Waals surface area contributed by atoms with E-state index in [2.05, 4.69) is 10.3 Å². The number of furan rings is 1. The molecule has 1 atom stereocenters. The highest BCUT2D eigenvalue weighted by Crippen LogP contribution is 2.12. The van der Waals surface area contributed by atoms with Crippen molar-refractivity contribution in [3.8, 4) is 0 Å². The first-order valence-corrected chi connectivity index (χ1v) is 6.31. The highest BCUT2D eigenvalue weighted by molar-refractivity contribution is 5.95. The molecule has 0 bridgehead atoms. The Hall–Kier alpha value is -2.37. The van der Waals surface area contributed by atoms with Gasteiger partial charge in [-0.3, -0.25) is 4.79 Å². The molecular formula is C14H16FN3O2. The van der Waals surface area contributed by atoms with E-state index >= 15 is 0 Å². The van der Waals surface area contributed by atoms with Gasteiger partial charge >= 0.3 is 0 Å². The molecule has 1 unspecified atom stereocenters. The van der Waals surface area contributed by atoms with E-state index in [-0.39, 0.29) is 17.4 Å². The standard InChI is InChI=1S/C14H16FN3O2/c1-9(4-5-10-3-2-8-20-10)18-14(19)11-6-7-17-13(16)12(11)15/h2-3,6-9H,4-5H2,1H3,(H2,16,17)(H,18,19). The van der Waals surface area contributed by atoms with E-state index in [1.54, 1.807) is 6.26 Å². The zero-order chi connectivity index (χ0) is 14.5. The lowest BCUT2D eigenvalue weighted by Crippen LogP contribution is -2.33. The monoisotopic (exact) mass is 277 g/mol. The first-order valence-electron chi connectivity index (χ1n) is 6.31. The number of nitrogens with one attached hydrogen (secondary N) is 1. The number of nitrogens with zero attached hydrogens (tertiary/aromatic N) is 1. The lowest BCUT2D eigenvalue weighted by Gasteiger charge is -2.13. The van der Waals surface area contributed by atoms with Crippen molar-refractivity contribution in [2.75, 3.05) is 5.73 Å². The Morgan fingerprint density at radius 3 is 3.05 bits per heavy atom. The number of carbonyl (C=O) groups is 1. The summed E-state index contributed by atoms with van der Waals surface area (Å²) in [5.74, 6) is -0.710. The molecule has 2 aromatic heterocycles. The predicted octanol–water partition coefficient (Wildman–Crippen LogP) is 2.15. The van der Waals surface area contributed by atoms with Gasteiger partial charge in [-0.1, -0.05) is 0 Å². The van der Waals surface area contributed by atoms with E-state index in [4.69, 9.17) is 10.2 Å². The molecule has 0 aliphatic heterocycles. The Bertz CT molecular complexity index is 584. The summed E-state index contributed by atoms with van der Waals surface area (Å²) in [6, 6.07) is 4.88. The molecule has 20 heavy (non-hydrogen) atoms. The second-order valence-electron chi connectivity index (χ2n) is 4.55. The average molecular weight is 277 g/mol. The van der Waals surface area contributed by atoms with Gasteiger partial charge in [-0.2, -0.15) is 0 Å². The molecule has 0 spiro atoms. The van der Waals surface area contributed by atoms with Crippen LogP contribution >= 0.6 is 0 Å². The number of hydrogen-bond donors (Lipinski definition) is 2. The molecule has 6 heteroatoms. The SMILES string of the molecule is CC(CCc1ccco1)NC(=O)c1ccnc(N)c1F. The second-order valence-corrected chi connectivity index (χ2v) is 4.55. The van der Waals surface area contributed by atoms with Crippen LogP contribution < -0.4 is 11.1 Å². The van der Waals surface area contributed by atoms with Crippen molar-refractivity contribution in [1.82, 2.24) is 10.3 Å². The number of anilines is 1. The van der Waals surface area contributed by atoms with Gasteiger partial charge in [0.15, 0.2) is 11.6 Å². The fourth-order valence-corrected chi connectivity index (χ4v) is 1.82. The number of hydrogen-bond acceptors (Lipinski definition) is 4. The number of aromatic nitrogens is 1. The molecule has 5 nitrogen and oxygen atoms in total. The van der Waals surface area contributed by atoms with Gasteiger partial charge < -0.3 is 15.5 Å². The number of rotatable bonds is 5. The van der Waals surface area contributed by atoms with Crippen LogP contribution in [0.5, 0.6) is 0 Å². The second kappa shape index (κ2) is 6.18. The third kappa shape index (κ3) is 3.34. The van der Waals surface area contributed by atoms with Gasteiger partial charge in [-0.15, -0.1) is 0 Å². The topological polar surface area (TPSA) is 81.2 Å². The van der Waals surface area contributed by atoms with E-state index < -0.39 is 11.7 Å². The number of halogens is 1. The quantitative estimate of drug-likeness (QED) is 0.877. The minimum atomic E-state index is -0.789. The van der Waals surface area contributed by atoms with Crippen molar-refractivity contribution in [3.05, 3.63) is 47.8 Å². The summed E-state index contributed by atoms with van der Waals surface area (Å²) in [5.41, 5.74) is 5.24. The number of nitrogens with two attached hydrogens (primary N) is 1. The van der Waals surface area contributed by atoms with E-state index in [1.807, 2.05) is 19.1 Å². The van der Waals surface area contributed by atoms with Crippen molar-refractivity contribution >= 4 is 11.7 Å². The lowest BCUT2D eigenvalue weighted by molar-refractivity contribution is 0.0934. The Balaban J connectivity index is 1.92. The van der Waals surface area contributed by atoms with Crippen LogP contribution in [0, 0.1) is 5.82 Å². The van der Waals surface area contributed by atoms with Gasteiger partial charge in [0.2, 0.25) is 0 Å². The average Bonchev–Trinajstić information content (AvgIpc) is 2.92. The van der Waals surface area contributed by atoms with Crippen LogP contribution in [0.15, 0.2) is 35.1 Å². The third-order valence-electron chi connectivity index (χ3n) is 2.94. The van der Waals surface area contributed by atoms with Gasteiger partial charge in [-0.25, -0.2) is 9.37 Å². The molecule has 0 saturated heterocycles. The van der Waals surface area contributed by atoms with Gasteiger partial charge in [0.05, 0.1) is 11.8 Å². The first-order chi connectivity index (χ1) is 9.58. The van der Waals surface area contributed by atoms with Crippen LogP contribution in [-0.2, 0) is 6.42 Å². The summed E-state index contributed by atoms with van der Waals surface area (Å²) in [5, 5.41) is 2.72. The molecule has 0 aliphatic carbocycles. The van der Waals surface area contributed by atoms with Crippen LogP contribution in [0.3, 0.4) is 0 Å². The molecule has 2 rings (SSSR count). The molecule has 3 N–H and O–H groups in total. The molecular weight excluding hydrogens is 261 g/mol. The minimum Gasteiger partial charge on any atom is -0.469 e. The van der Waals surface area contributed by atoms with Crippen molar-refractivity contribution in [2.24, 2.45) is 0 Å². The van der Waals surface area contributed by atoms with E-state index in [9.17, 15) is 9.18 Å². The zero-order valence-electron chi connectivity index (χ0n) is 11.1. The minimum absolute atomic E-state index is 0.0950. The number of carbonyl (C=O) groups excluding carboxylic acids is 1. The lowest BCUT2D eigenvalue weighted by atomic mass is 10.1. The summed E-state index contributed by atoms with van der Waals surface area (Å²) >= 11 is 0. The number of nitrogen functional groups attached to an aromatic ring is 1. The van der Waals surface area contributed by atoms with Crippen LogP contribution in [-0.4, -0.2) is 16.9 Å². The van der Waals surface area contributed by atoms with Gasteiger partial charge in [0.1, 0.15) is 5.76 Å². The molecule has 1 amide bonds. The third-order valence-corrected chi connectivity index (χ3v) is 2.94. The molecule has 2 heterocycles. The predicted molar refractivity (Wildman–Crippen MR) is 72.6 cm³/mol. The van der Waals surface area contributed by atoms with Crippen molar-refractivity contribution < 1.29 is 13.6 Å². The largest absolute Gasteiger partial charge is 0.469 e. The van der Waals surface area contributed by atoms with Crippen LogP contribution in [0.1, 0.15) is 29.5 Å². The van der Waals surface area contributed by atoms with E-state index in [0.717, 1.165) is 5.76 Å². The Kier molecular flexibility index (Phi) is 4.34. The fraction of sp³-hybridized carbons (Fsp3) is 0.286. The molecule has 2 aromatic rings. The molecule has 0 fully saturated rings. The van der Waals surface area contributed by atoms with Crippen LogP contribution in [0.25, 0.3) is 0 Å². The van der Waals surface area contributed by atoms with Crippen LogP contribution in [0.2, 0.25) is 0 Å². The van der Waals surface area contributed by atoms with Crippen LogP contribution in [0.4, 0.5) is 10.2 Å². The number of pyridine rings is 1. The summed E-state index contributed by atoms with van der Waals surface area (Å²) in [6.45, 7) is 1.85. The summed E-state index contributed by atoms with van der Waals surface area (Å²) in [4.78, 5) is 15.5. The maximum Gasteiger partial charge on any atom is 0.254 e. The molecule has 0 aromatic carbocycles. The Morgan fingerprint density at radius 2 is 2.35 bits per heavy atom.